The van der Waals surface area contributed by atoms with Crippen LogP contribution in [0.4, 0.5) is 0 Å². The van der Waals surface area contributed by atoms with Crippen molar-refractivity contribution >= 4 is 10.9 Å². The van der Waals surface area contributed by atoms with E-state index in [4.69, 9.17) is 4.98 Å². The highest BCUT2D eigenvalue weighted by atomic mass is 14.7. The van der Waals surface area contributed by atoms with Gasteiger partial charge in [-0.05, 0) is 173 Å². The molecule has 3 aromatic rings. The number of aryl methyl sites for hydroxylation is 2. The summed E-state index contributed by atoms with van der Waals surface area (Å²) in [6.07, 6.45) is 17.9. The molecule has 8 aliphatic rings. The number of hydrogen-bond acceptors (Lipinski definition) is 1. The van der Waals surface area contributed by atoms with Gasteiger partial charge in [0.15, 0.2) is 0 Å². The molecule has 2 aromatic carbocycles. The summed E-state index contributed by atoms with van der Waals surface area (Å²) in [7, 11) is 0. The lowest BCUT2D eigenvalue weighted by molar-refractivity contribution is -0.0168. The Balaban J connectivity index is 1.26. The summed E-state index contributed by atoms with van der Waals surface area (Å²) in [5, 5.41) is 1.52. The Kier molecular flexibility index (Phi) is 4.61. The zero-order valence-electron chi connectivity index (χ0n) is 23.4. The second kappa shape index (κ2) is 7.74. The Labute approximate surface area is 228 Å². The fourth-order valence-corrected chi connectivity index (χ4v) is 12.4. The Morgan fingerprint density at radius 3 is 1.61 bits per heavy atom. The highest BCUT2D eigenvalue weighted by molar-refractivity contribution is 5.87. The van der Waals surface area contributed by atoms with Gasteiger partial charge in [0.1, 0.15) is 0 Å². The van der Waals surface area contributed by atoms with Crippen LogP contribution in [0.3, 0.4) is 0 Å². The largest absolute Gasteiger partial charge is 0.248 e. The number of benzene rings is 2. The number of nitrogens with zero attached hydrogens (tertiary/aromatic N) is 1. The molecular weight excluding hydrogens is 458 g/mol. The standard InChI is InChI=1S/C37H43N/c1-22-7-23(2)9-30(8-22)33-5-3-31-34(38-33)6-4-32(36-16-24-10-25(17-36)12-26(11-24)18-36)35(31)37-19-27-13-28(20-37)15-29(14-27)21-37/h3-9,24-29H,10-21H2,1-2H3. The molecule has 0 atom stereocenters. The minimum atomic E-state index is 0.413. The zero-order chi connectivity index (χ0) is 25.2. The Bertz CT molecular complexity index is 1370. The topological polar surface area (TPSA) is 12.9 Å². The van der Waals surface area contributed by atoms with Crippen LogP contribution in [-0.2, 0) is 10.8 Å². The summed E-state index contributed by atoms with van der Waals surface area (Å²) in [6, 6.07) is 16.9. The number of fused-ring (bicyclic) bond motifs is 1. The molecule has 8 aliphatic carbocycles. The van der Waals surface area contributed by atoms with Gasteiger partial charge in [0, 0.05) is 10.9 Å². The lowest BCUT2D eigenvalue weighted by atomic mass is 9.44. The van der Waals surface area contributed by atoms with Crippen molar-refractivity contribution in [2.45, 2.75) is 102 Å². The van der Waals surface area contributed by atoms with E-state index in [1.807, 2.05) is 11.1 Å². The molecule has 8 fully saturated rings. The van der Waals surface area contributed by atoms with E-state index in [0.717, 1.165) is 41.2 Å². The molecule has 0 N–H and O–H groups in total. The zero-order valence-corrected chi connectivity index (χ0v) is 23.4. The van der Waals surface area contributed by atoms with E-state index in [2.05, 4.69) is 56.3 Å². The number of rotatable bonds is 3. The van der Waals surface area contributed by atoms with Gasteiger partial charge < -0.3 is 0 Å². The molecule has 196 valence electrons. The fraction of sp³-hybridized carbons (Fsp3) is 0.595. The molecule has 8 bridgehead atoms. The molecular formula is C37H43N. The third kappa shape index (κ3) is 3.26. The maximum atomic E-state index is 5.40. The fourth-order valence-electron chi connectivity index (χ4n) is 12.4. The number of aromatic nitrogens is 1. The van der Waals surface area contributed by atoms with Crippen LogP contribution < -0.4 is 0 Å². The van der Waals surface area contributed by atoms with E-state index in [1.54, 1.807) is 0 Å². The van der Waals surface area contributed by atoms with Crippen molar-refractivity contribution in [2.24, 2.45) is 35.5 Å². The Morgan fingerprint density at radius 2 is 1.08 bits per heavy atom. The summed E-state index contributed by atoms with van der Waals surface area (Å²) in [4.78, 5) is 5.40. The SMILES string of the molecule is Cc1cc(C)cc(-c2ccc3c(C45CC6CC(CC(C6)C4)C5)c(C45CC6CC(CC(C6)C4)C5)ccc3n2)c1. The molecule has 1 nitrogen and oxygen atoms in total. The van der Waals surface area contributed by atoms with Gasteiger partial charge in [-0.25, -0.2) is 4.98 Å². The molecule has 0 aliphatic heterocycles. The van der Waals surface area contributed by atoms with Gasteiger partial charge in [-0.15, -0.1) is 0 Å². The average Bonchev–Trinajstić information content (AvgIpc) is 2.85. The van der Waals surface area contributed by atoms with Crippen LogP contribution in [-0.4, -0.2) is 4.98 Å². The first-order chi connectivity index (χ1) is 18.4. The van der Waals surface area contributed by atoms with Crippen molar-refractivity contribution in [1.29, 1.82) is 0 Å². The first kappa shape index (κ1) is 22.6. The molecule has 8 saturated carbocycles. The summed E-state index contributed by atoms with van der Waals surface area (Å²) < 4.78 is 0. The van der Waals surface area contributed by atoms with Crippen LogP contribution in [0.25, 0.3) is 22.2 Å². The second-order valence-electron chi connectivity index (χ2n) is 15.5. The van der Waals surface area contributed by atoms with Crippen LogP contribution in [0.15, 0.2) is 42.5 Å². The number of pyridine rings is 1. The molecule has 1 aromatic heterocycles. The van der Waals surface area contributed by atoms with Crippen molar-refractivity contribution in [3.05, 3.63) is 64.7 Å². The molecule has 0 amide bonds. The van der Waals surface area contributed by atoms with Gasteiger partial charge in [0.05, 0.1) is 11.2 Å². The molecule has 11 rings (SSSR count). The van der Waals surface area contributed by atoms with E-state index in [0.29, 0.717) is 10.8 Å². The van der Waals surface area contributed by atoms with Gasteiger partial charge in [-0.3, -0.25) is 0 Å². The van der Waals surface area contributed by atoms with Gasteiger partial charge in [0.2, 0.25) is 0 Å². The van der Waals surface area contributed by atoms with Crippen molar-refractivity contribution in [3.63, 3.8) is 0 Å². The van der Waals surface area contributed by atoms with Crippen LogP contribution in [0, 0.1) is 49.4 Å². The third-order valence-corrected chi connectivity index (χ3v) is 12.6. The smallest absolute Gasteiger partial charge is 0.0712 e. The average molecular weight is 502 g/mol. The Hall–Kier alpha value is -2.15. The monoisotopic (exact) mass is 501 g/mol. The van der Waals surface area contributed by atoms with E-state index >= 15 is 0 Å². The minimum absolute atomic E-state index is 0.413. The summed E-state index contributed by atoms with van der Waals surface area (Å²) >= 11 is 0. The van der Waals surface area contributed by atoms with E-state index in [1.165, 1.54) is 105 Å². The van der Waals surface area contributed by atoms with Gasteiger partial charge in [-0.1, -0.05) is 29.3 Å². The first-order valence-electron chi connectivity index (χ1n) is 16.0. The molecule has 1 heterocycles. The normalized spacial score (nSPS) is 40.4. The van der Waals surface area contributed by atoms with Crippen LogP contribution in [0.1, 0.15) is 99.3 Å². The molecule has 0 saturated heterocycles. The first-order valence-corrected chi connectivity index (χ1v) is 16.0. The highest BCUT2D eigenvalue weighted by Crippen LogP contribution is 2.66. The van der Waals surface area contributed by atoms with Crippen LogP contribution in [0.5, 0.6) is 0 Å². The molecule has 0 unspecified atom stereocenters. The molecule has 1 heteroatoms. The van der Waals surface area contributed by atoms with E-state index in [-0.39, 0.29) is 0 Å². The van der Waals surface area contributed by atoms with Gasteiger partial charge >= 0.3 is 0 Å². The quantitative estimate of drug-likeness (QED) is 0.348. The maximum absolute atomic E-state index is 5.40. The summed E-state index contributed by atoms with van der Waals surface area (Å²) in [6.45, 7) is 4.42. The number of hydrogen-bond donors (Lipinski definition) is 0. The molecule has 0 spiro atoms. The maximum Gasteiger partial charge on any atom is 0.0712 e. The Morgan fingerprint density at radius 1 is 0.579 bits per heavy atom. The van der Waals surface area contributed by atoms with Crippen molar-refractivity contribution in [1.82, 2.24) is 4.98 Å². The predicted octanol–water partition coefficient (Wildman–Crippen LogP) is 9.45. The van der Waals surface area contributed by atoms with Crippen molar-refractivity contribution in [3.8, 4) is 11.3 Å². The van der Waals surface area contributed by atoms with Crippen LogP contribution in [0.2, 0.25) is 0 Å². The highest BCUT2D eigenvalue weighted by Gasteiger charge is 2.57. The van der Waals surface area contributed by atoms with Crippen LogP contribution >= 0.6 is 0 Å². The van der Waals surface area contributed by atoms with E-state index in [9.17, 15) is 0 Å². The van der Waals surface area contributed by atoms with E-state index < -0.39 is 0 Å². The summed E-state index contributed by atoms with van der Waals surface area (Å²) in [5.41, 5.74) is 10.8. The van der Waals surface area contributed by atoms with Crippen molar-refractivity contribution < 1.29 is 0 Å². The lowest BCUT2D eigenvalue weighted by Gasteiger charge is -2.61. The van der Waals surface area contributed by atoms with Gasteiger partial charge in [-0.2, -0.15) is 0 Å². The molecule has 0 radical (unpaired) electrons. The van der Waals surface area contributed by atoms with Crippen molar-refractivity contribution in [2.75, 3.05) is 0 Å². The predicted molar refractivity (Wildman–Crippen MR) is 156 cm³/mol. The summed E-state index contributed by atoms with van der Waals surface area (Å²) in [5.74, 6) is 5.90. The second-order valence-corrected chi connectivity index (χ2v) is 15.5. The molecule has 38 heavy (non-hydrogen) atoms. The minimum Gasteiger partial charge on any atom is -0.248 e. The lowest BCUT2D eigenvalue weighted by Crippen LogP contribution is -2.52. The van der Waals surface area contributed by atoms with Gasteiger partial charge in [0.25, 0.3) is 0 Å². The third-order valence-electron chi connectivity index (χ3n) is 12.6.